The van der Waals surface area contributed by atoms with Crippen molar-refractivity contribution in [2.45, 2.75) is 39.0 Å². The van der Waals surface area contributed by atoms with Gasteiger partial charge in [-0.25, -0.2) is 0 Å². The molecule has 2 rings (SSSR count). The largest absolute Gasteiger partial charge is 0.481 e. The van der Waals surface area contributed by atoms with Gasteiger partial charge in [-0.1, -0.05) is 13.3 Å². The molecule has 0 radical (unpaired) electrons. The van der Waals surface area contributed by atoms with Crippen LogP contribution < -0.4 is 5.73 Å². The Morgan fingerprint density at radius 2 is 1.94 bits per heavy atom. The third-order valence-corrected chi connectivity index (χ3v) is 4.93. The second-order valence-electron chi connectivity index (χ2n) is 5.75. The van der Waals surface area contributed by atoms with Crippen LogP contribution in [0.4, 0.5) is 0 Å². The van der Waals surface area contributed by atoms with Gasteiger partial charge in [0, 0.05) is 19.6 Å². The number of hydrogen-bond acceptors (Lipinski definition) is 3. The number of nitrogens with zero attached hydrogens (tertiary/aromatic N) is 1. The molecule has 5 nitrogen and oxygen atoms in total. The number of carbonyl (C=O) groups is 2. The maximum atomic E-state index is 12.5. The third-order valence-electron chi connectivity index (χ3n) is 4.93. The van der Waals surface area contributed by atoms with E-state index in [-0.39, 0.29) is 11.3 Å². The molecule has 0 bridgehead atoms. The summed E-state index contributed by atoms with van der Waals surface area (Å²) in [4.78, 5) is 25.5. The number of carboxylic acids is 1. The second kappa shape index (κ2) is 4.53. The van der Waals surface area contributed by atoms with E-state index in [4.69, 9.17) is 5.73 Å². The van der Waals surface area contributed by atoms with Crippen molar-refractivity contribution < 1.29 is 14.7 Å². The number of amides is 1. The van der Waals surface area contributed by atoms with Crippen LogP contribution in [0.25, 0.3) is 0 Å². The van der Waals surface area contributed by atoms with Crippen molar-refractivity contribution in [2.75, 3.05) is 19.6 Å². The molecule has 3 N–H and O–H groups in total. The Morgan fingerprint density at radius 3 is 2.28 bits per heavy atom. The van der Waals surface area contributed by atoms with Crippen LogP contribution in [0.2, 0.25) is 0 Å². The van der Waals surface area contributed by atoms with E-state index in [1.54, 1.807) is 4.90 Å². The van der Waals surface area contributed by atoms with Gasteiger partial charge >= 0.3 is 5.97 Å². The van der Waals surface area contributed by atoms with Crippen LogP contribution in [-0.4, -0.2) is 41.5 Å². The molecule has 5 heteroatoms. The summed E-state index contributed by atoms with van der Waals surface area (Å²) in [5, 5.41) is 9.33. The monoisotopic (exact) mass is 254 g/mol. The van der Waals surface area contributed by atoms with Crippen molar-refractivity contribution in [2.24, 2.45) is 16.6 Å². The van der Waals surface area contributed by atoms with Gasteiger partial charge in [-0.15, -0.1) is 0 Å². The molecule has 0 aromatic carbocycles. The normalized spacial score (nSPS) is 30.0. The number of aliphatic carboxylic acids is 1. The lowest BCUT2D eigenvalue weighted by Gasteiger charge is -2.42. The zero-order valence-corrected chi connectivity index (χ0v) is 10.9. The minimum Gasteiger partial charge on any atom is -0.481 e. The molecule has 0 aromatic heterocycles. The topological polar surface area (TPSA) is 83.6 Å². The van der Waals surface area contributed by atoms with Crippen LogP contribution in [0.1, 0.15) is 39.0 Å². The fourth-order valence-electron chi connectivity index (χ4n) is 3.10. The molecule has 1 saturated carbocycles. The summed E-state index contributed by atoms with van der Waals surface area (Å²) in [6.07, 6.45) is 3.89. The maximum Gasteiger partial charge on any atom is 0.311 e. The van der Waals surface area contributed by atoms with E-state index >= 15 is 0 Å². The summed E-state index contributed by atoms with van der Waals surface area (Å²) < 4.78 is 0. The van der Waals surface area contributed by atoms with E-state index in [9.17, 15) is 14.7 Å². The van der Waals surface area contributed by atoms with Crippen LogP contribution in [0, 0.1) is 10.8 Å². The van der Waals surface area contributed by atoms with Crippen LogP contribution in [0.3, 0.4) is 0 Å². The van der Waals surface area contributed by atoms with E-state index in [2.05, 4.69) is 0 Å². The predicted octanol–water partition coefficient (Wildman–Crippen LogP) is 0.829. The summed E-state index contributed by atoms with van der Waals surface area (Å²) in [5.41, 5.74) is 4.61. The number of rotatable bonds is 4. The van der Waals surface area contributed by atoms with Gasteiger partial charge < -0.3 is 15.7 Å². The summed E-state index contributed by atoms with van der Waals surface area (Å²) >= 11 is 0. The molecule has 1 heterocycles. The maximum absolute atomic E-state index is 12.5. The quantitative estimate of drug-likeness (QED) is 0.778. The van der Waals surface area contributed by atoms with Crippen molar-refractivity contribution in [3.05, 3.63) is 0 Å². The lowest BCUT2D eigenvalue weighted by Crippen LogP contribution is -2.52. The molecule has 1 aliphatic heterocycles. The Kier molecular flexibility index (Phi) is 3.36. The molecular formula is C13H22N2O3. The molecule has 1 aliphatic carbocycles. The first kappa shape index (κ1) is 13.3. The van der Waals surface area contributed by atoms with Crippen molar-refractivity contribution in [3.8, 4) is 0 Å². The van der Waals surface area contributed by atoms with E-state index in [0.717, 1.165) is 19.3 Å². The molecule has 2 aliphatic rings. The average molecular weight is 254 g/mol. The Labute approximate surface area is 107 Å². The smallest absolute Gasteiger partial charge is 0.311 e. The number of carboxylic acid groups (broad SMARTS) is 1. The highest BCUT2D eigenvalue weighted by Crippen LogP contribution is 2.44. The second-order valence-corrected chi connectivity index (χ2v) is 5.75. The van der Waals surface area contributed by atoms with Gasteiger partial charge in [0.25, 0.3) is 0 Å². The van der Waals surface area contributed by atoms with E-state index in [1.165, 1.54) is 0 Å². The van der Waals surface area contributed by atoms with Crippen LogP contribution in [-0.2, 0) is 9.59 Å². The summed E-state index contributed by atoms with van der Waals surface area (Å²) in [7, 11) is 0. The number of carbonyl (C=O) groups excluding carboxylic acids is 1. The number of hydrogen-bond donors (Lipinski definition) is 2. The summed E-state index contributed by atoms with van der Waals surface area (Å²) in [6.45, 7) is 3.17. The minimum atomic E-state index is -0.782. The van der Waals surface area contributed by atoms with E-state index in [0.29, 0.717) is 32.5 Å². The fourth-order valence-corrected chi connectivity index (χ4v) is 3.10. The Bertz CT molecular complexity index is 360. The molecular weight excluding hydrogens is 232 g/mol. The van der Waals surface area contributed by atoms with Gasteiger partial charge in [-0.3, -0.25) is 9.59 Å². The summed E-state index contributed by atoms with van der Waals surface area (Å²) in [6, 6.07) is 0. The molecule has 0 aromatic rings. The average Bonchev–Trinajstić information content (AvgIpc) is 2.73. The van der Waals surface area contributed by atoms with E-state index < -0.39 is 11.4 Å². The van der Waals surface area contributed by atoms with E-state index in [1.807, 2.05) is 6.92 Å². The lowest BCUT2D eigenvalue weighted by atomic mass is 9.68. The van der Waals surface area contributed by atoms with Gasteiger partial charge in [-0.2, -0.15) is 0 Å². The Balaban J connectivity index is 2.09. The molecule has 18 heavy (non-hydrogen) atoms. The highest BCUT2D eigenvalue weighted by Gasteiger charge is 2.50. The van der Waals surface area contributed by atoms with Gasteiger partial charge in [0.1, 0.15) is 0 Å². The first-order valence-corrected chi connectivity index (χ1v) is 6.72. The highest BCUT2D eigenvalue weighted by molar-refractivity contribution is 5.86. The molecule has 2 fully saturated rings. The third kappa shape index (κ3) is 1.81. The van der Waals surface area contributed by atoms with Crippen LogP contribution in [0.15, 0.2) is 0 Å². The SMILES string of the molecule is CCC1(C(=O)O)CCN(C(=O)C2(CN)CCC2)C1. The van der Waals surface area contributed by atoms with Crippen molar-refractivity contribution >= 4 is 11.9 Å². The van der Waals surface area contributed by atoms with Crippen molar-refractivity contribution in [3.63, 3.8) is 0 Å². The number of nitrogens with two attached hydrogens (primary N) is 1. The standard InChI is InChI=1S/C13H22N2O3/c1-2-12(11(17)18)6-7-15(9-12)10(16)13(8-14)4-3-5-13/h2-9,14H2,1H3,(H,17,18). The molecule has 0 spiro atoms. The lowest BCUT2D eigenvalue weighted by molar-refractivity contribution is -0.150. The molecule has 1 unspecified atom stereocenters. The minimum absolute atomic E-state index is 0.0767. The molecule has 1 saturated heterocycles. The fraction of sp³-hybridized carbons (Fsp3) is 0.846. The first-order chi connectivity index (χ1) is 8.49. The van der Waals surface area contributed by atoms with Gasteiger partial charge in [0.05, 0.1) is 10.8 Å². The molecule has 1 atom stereocenters. The Morgan fingerprint density at radius 1 is 1.28 bits per heavy atom. The zero-order chi connectivity index (χ0) is 13.4. The van der Waals surface area contributed by atoms with Gasteiger partial charge in [0.15, 0.2) is 0 Å². The van der Waals surface area contributed by atoms with Crippen LogP contribution >= 0.6 is 0 Å². The van der Waals surface area contributed by atoms with Gasteiger partial charge in [-0.05, 0) is 25.7 Å². The Hall–Kier alpha value is -1.10. The van der Waals surface area contributed by atoms with Crippen molar-refractivity contribution in [1.82, 2.24) is 4.90 Å². The molecule has 1 amide bonds. The van der Waals surface area contributed by atoms with Crippen molar-refractivity contribution in [1.29, 1.82) is 0 Å². The zero-order valence-electron chi connectivity index (χ0n) is 10.9. The van der Waals surface area contributed by atoms with Crippen LogP contribution in [0.5, 0.6) is 0 Å². The summed E-state index contributed by atoms with van der Waals surface area (Å²) in [5.74, 6) is -0.705. The molecule has 102 valence electrons. The predicted molar refractivity (Wildman–Crippen MR) is 66.9 cm³/mol. The van der Waals surface area contributed by atoms with Gasteiger partial charge in [0.2, 0.25) is 5.91 Å². The first-order valence-electron chi connectivity index (χ1n) is 6.72. The number of likely N-dealkylation sites (tertiary alicyclic amines) is 1. The highest BCUT2D eigenvalue weighted by atomic mass is 16.4.